The Morgan fingerprint density at radius 1 is 1.25 bits per heavy atom. The zero-order valence-electron chi connectivity index (χ0n) is 12.9. The molecule has 0 atom stereocenters. The summed E-state index contributed by atoms with van der Waals surface area (Å²) in [4.78, 5) is 26.1. The number of halogens is 1. The van der Waals surface area contributed by atoms with Gasteiger partial charge in [-0.2, -0.15) is 5.10 Å². The van der Waals surface area contributed by atoms with Crippen molar-refractivity contribution in [3.63, 3.8) is 0 Å². The second-order valence-electron chi connectivity index (χ2n) is 5.36. The summed E-state index contributed by atoms with van der Waals surface area (Å²) in [5, 5.41) is 10.7. The van der Waals surface area contributed by atoms with E-state index in [2.05, 4.69) is 15.5 Å². The summed E-state index contributed by atoms with van der Waals surface area (Å²) >= 11 is 5.88. The van der Waals surface area contributed by atoms with Gasteiger partial charge in [-0.15, -0.1) is 0 Å². The maximum absolute atomic E-state index is 12.6. The molecule has 0 fully saturated rings. The van der Waals surface area contributed by atoms with E-state index >= 15 is 0 Å². The number of anilines is 1. The molecule has 0 bridgehead atoms. The Kier molecular flexibility index (Phi) is 4.48. The Morgan fingerprint density at radius 3 is 2.83 bits per heavy atom. The van der Waals surface area contributed by atoms with Gasteiger partial charge in [0.2, 0.25) is 5.91 Å². The molecule has 6 nitrogen and oxygen atoms in total. The highest BCUT2D eigenvalue weighted by Crippen LogP contribution is 2.18. The molecule has 2 N–H and O–H groups in total. The first-order valence-electron chi connectivity index (χ1n) is 7.27. The van der Waals surface area contributed by atoms with Crippen LogP contribution < -0.4 is 5.32 Å². The van der Waals surface area contributed by atoms with E-state index in [0.29, 0.717) is 16.3 Å². The molecule has 0 aliphatic carbocycles. The number of H-pyrrole nitrogens is 1. The minimum Gasteiger partial charge on any atom is -0.332 e. The average molecular weight is 343 g/mol. The van der Waals surface area contributed by atoms with Gasteiger partial charge < -0.3 is 10.2 Å². The number of rotatable bonds is 4. The summed E-state index contributed by atoms with van der Waals surface area (Å²) in [7, 11) is 1.58. The lowest BCUT2D eigenvalue weighted by atomic mass is 10.1. The highest BCUT2D eigenvalue weighted by atomic mass is 35.5. The van der Waals surface area contributed by atoms with Crippen LogP contribution in [0.25, 0.3) is 10.9 Å². The van der Waals surface area contributed by atoms with E-state index < -0.39 is 0 Å². The van der Waals surface area contributed by atoms with Crippen molar-refractivity contribution in [2.75, 3.05) is 18.9 Å². The SMILES string of the molecule is CN(CC(=O)Nc1cccc(Cl)c1)C(=O)c1cccc2[nH]ncc12. The van der Waals surface area contributed by atoms with Crippen LogP contribution in [0.4, 0.5) is 5.69 Å². The normalized spacial score (nSPS) is 10.6. The maximum atomic E-state index is 12.6. The smallest absolute Gasteiger partial charge is 0.254 e. The minimum absolute atomic E-state index is 0.0699. The molecule has 24 heavy (non-hydrogen) atoms. The predicted molar refractivity (Wildman–Crippen MR) is 93.1 cm³/mol. The van der Waals surface area contributed by atoms with Crippen molar-refractivity contribution in [3.05, 3.63) is 59.2 Å². The highest BCUT2D eigenvalue weighted by Gasteiger charge is 2.18. The van der Waals surface area contributed by atoms with Crippen LogP contribution in [-0.4, -0.2) is 40.5 Å². The number of aromatic amines is 1. The molecule has 0 saturated heterocycles. The summed E-state index contributed by atoms with van der Waals surface area (Å²) in [5.74, 6) is -0.546. The van der Waals surface area contributed by atoms with Gasteiger partial charge in [-0.1, -0.05) is 23.7 Å². The van der Waals surface area contributed by atoms with Gasteiger partial charge in [0.15, 0.2) is 0 Å². The lowest BCUT2D eigenvalue weighted by molar-refractivity contribution is -0.116. The lowest BCUT2D eigenvalue weighted by Gasteiger charge is -2.17. The Morgan fingerprint density at radius 2 is 2.04 bits per heavy atom. The van der Waals surface area contributed by atoms with E-state index in [0.717, 1.165) is 10.9 Å². The van der Waals surface area contributed by atoms with E-state index in [1.165, 1.54) is 4.90 Å². The molecule has 122 valence electrons. The second kappa shape index (κ2) is 6.72. The predicted octanol–water partition coefficient (Wildman–Crippen LogP) is 2.93. The summed E-state index contributed by atoms with van der Waals surface area (Å²) in [6, 6.07) is 12.2. The fraction of sp³-hybridized carbons (Fsp3) is 0.118. The van der Waals surface area contributed by atoms with Crippen LogP contribution >= 0.6 is 11.6 Å². The number of nitrogens with one attached hydrogen (secondary N) is 2. The number of carbonyl (C=O) groups is 2. The first-order chi connectivity index (χ1) is 11.5. The molecule has 0 aliphatic heterocycles. The first kappa shape index (κ1) is 16.0. The van der Waals surface area contributed by atoms with Gasteiger partial charge in [-0.05, 0) is 30.3 Å². The zero-order valence-corrected chi connectivity index (χ0v) is 13.7. The van der Waals surface area contributed by atoms with E-state index in [1.807, 2.05) is 6.07 Å². The molecule has 7 heteroatoms. The number of nitrogens with zero attached hydrogens (tertiary/aromatic N) is 2. The molecular weight excluding hydrogens is 328 g/mol. The van der Waals surface area contributed by atoms with Crippen LogP contribution in [0.1, 0.15) is 10.4 Å². The van der Waals surface area contributed by atoms with Gasteiger partial charge >= 0.3 is 0 Å². The largest absolute Gasteiger partial charge is 0.332 e. The van der Waals surface area contributed by atoms with Gasteiger partial charge in [0, 0.05) is 23.1 Å². The molecule has 0 spiro atoms. The number of likely N-dealkylation sites (N-methyl/N-ethyl adjacent to an activating group) is 1. The fourth-order valence-electron chi connectivity index (χ4n) is 2.41. The monoisotopic (exact) mass is 342 g/mol. The third kappa shape index (κ3) is 3.38. The number of hydrogen-bond donors (Lipinski definition) is 2. The van der Waals surface area contributed by atoms with E-state index in [-0.39, 0.29) is 18.4 Å². The molecule has 1 aromatic heterocycles. The van der Waals surface area contributed by atoms with Crippen LogP contribution in [-0.2, 0) is 4.79 Å². The molecule has 0 aliphatic rings. The molecule has 3 rings (SSSR count). The van der Waals surface area contributed by atoms with E-state index in [1.54, 1.807) is 49.6 Å². The third-order valence-electron chi connectivity index (χ3n) is 3.55. The van der Waals surface area contributed by atoms with Crippen LogP contribution in [0.3, 0.4) is 0 Å². The zero-order chi connectivity index (χ0) is 17.1. The van der Waals surface area contributed by atoms with E-state index in [9.17, 15) is 9.59 Å². The molecule has 2 amide bonds. The fourth-order valence-corrected chi connectivity index (χ4v) is 2.60. The van der Waals surface area contributed by atoms with Gasteiger partial charge in [0.05, 0.1) is 23.8 Å². The lowest BCUT2D eigenvalue weighted by Crippen LogP contribution is -2.35. The summed E-state index contributed by atoms with van der Waals surface area (Å²) in [5.41, 5.74) is 1.86. The number of amides is 2. The van der Waals surface area contributed by atoms with Crippen molar-refractivity contribution in [2.45, 2.75) is 0 Å². The summed E-state index contributed by atoms with van der Waals surface area (Å²) in [6.07, 6.45) is 1.60. The Balaban J connectivity index is 1.70. The van der Waals surface area contributed by atoms with Gasteiger partial charge in [-0.3, -0.25) is 14.7 Å². The minimum atomic E-state index is -0.299. The van der Waals surface area contributed by atoms with Crippen molar-refractivity contribution >= 4 is 40.0 Å². The van der Waals surface area contributed by atoms with Crippen LogP contribution in [0.5, 0.6) is 0 Å². The van der Waals surface area contributed by atoms with E-state index in [4.69, 9.17) is 11.6 Å². The van der Waals surface area contributed by atoms with Crippen molar-refractivity contribution < 1.29 is 9.59 Å². The first-order valence-corrected chi connectivity index (χ1v) is 7.65. The number of hydrogen-bond acceptors (Lipinski definition) is 3. The molecule has 0 unspecified atom stereocenters. The standard InChI is InChI=1S/C17H15ClN4O2/c1-22(10-16(23)20-12-5-2-4-11(18)8-12)17(24)13-6-3-7-15-14(13)9-19-21-15/h2-9H,10H2,1H3,(H,19,21)(H,20,23). The van der Waals surface area contributed by atoms with Gasteiger partial charge in [0.25, 0.3) is 5.91 Å². The van der Waals surface area contributed by atoms with Gasteiger partial charge in [0.1, 0.15) is 0 Å². The molecular formula is C17H15ClN4O2. The van der Waals surface area contributed by atoms with Crippen LogP contribution in [0, 0.1) is 0 Å². The van der Waals surface area contributed by atoms with Crippen molar-refractivity contribution in [3.8, 4) is 0 Å². The highest BCUT2D eigenvalue weighted by molar-refractivity contribution is 6.30. The quantitative estimate of drug-likeness (QED) is 0.765. The Bertz CT molecular complexity index is 906. The number of benzene rings is 2. The topological polar surface area (TPSA) is 78.1 Å². The van der Waals surface area contributed by atoms with Crippen molar-refractivity contribution in [2.24, 2.45) is 0 Å². The molecule has 2 aromatic carbocycles. The molecule has 1 heterocycles. The molecule has 0 radical (unpaired) electrons. The Hall–Kier alpha value is -2.86. The number of fused-ring (bicyclic) bond motifs is 1. The molecule has 3 aromatic rings. The van der Waals surface area contributed by atoms with Crippen LogP contribution in [0.2, 0.25) is 5.02 Å². The average Bonchev–Trinajstić information content (AvgIpc) is 3.02. The summed E-state index contributed by atoms with van der Waals surface area (Å²) in [6.45, 7) is -0.0699. The number of carbonyl (C=O) groups excluding carboxylic acids is 2. The van der Waals surface area contributed by atoms with Crippen LogP contribution in [0.15, 0.2) is 48.7 Å². The second-order valence-corrected chi connectivity index (χ2v) is 5.79. The maximum Gasteiger partial charge on any atom is 0.254 e. The molecule has 0 saturated carbocycles. The van der Waals surface area contributed by atoms with Crippen molar-refractivity contribution in [1.82, 2.24) is 15.1 Å². The van der Waals surface area contributed by atoms with Gasteiger partial charge in [-0.25, -0.2) is 0 Å². The van der Waals surface area contributed by atoms with Crippen molar-refractivity contribution in [1.29, 1.82) is 0 Å². The third-order valence-corrected chi connectivity index (χ3v) is 3.79. The Labute approximate surface area is 143 Å². The summed E-state index contributed by atoms with van der Waals surface area (Å²) < 4.78 is 0. The number of aromatic nitrogens is 2.